The average Bonchev–Trinajstić information content (AvgIpc) is 2.20. The van der Waals surface area contributed by atoms with Gasteiger partial charge in [-0.3, -0.25) is 0 Å². The molecule has 1 rings (SSSR count). The molecule has 14 heavy (non-hydrogen) atoms. The minimum Gasteiger partial charge on any atom is -0.493 e. The van der Waals surface area contributed by atoms with Gasteiger partial charge in [0.05, 0.1) is 19.2 Å². The SMILES string of the molecule is CCc1c(Br)c(Cl)cc(OC)c1OC. The molecule has 0 fully saturated rings. The second-order valence-electron chi connectivity index (χ2n) is 2.74. The Morgan fingerprint density at radius 2 is 2.00 bits per heavy atom. The molecule has 1 aromatic rings. The summed E-state index contributed by atoms with van der Waals surface area (Å²) < 4.78 is 11.3. The van der Waals surface area contributed by atoms with Crippen LogP contribution in [0.2, 0.25) is 5.02 Å². The van der Waals surface area contributed by atoms with Crippen molar-refractivity contribution in [3.63, 3.8) is 0 Å². The van der Waals surface area contributed by atoms with Gasteiger partial charge in [-0.25, -0.2) is 0 Å². The van der Waals surface area contributed by atoms with Crippen LogP contribution in [0.5, 0.6) is 11.5 Å². The van der Waals surface area contributed by atoms with E-state index in [-0.39, 0.29) is 0 Å². The molecule has 0 atom stereocenters. The van der Waals surface area contributed by atoms with Crippen molar-refractivity contribution in [1.29, 1.82) is 0 Å². The molecule has 0 saturated carbocycles. The van der Waals surface area contributed by atoms with Gasteiger partial charge in [0.2, 0.25) is 0 Å². The topological polar surface area (TPSA) is 18.5 Å². The third-order valence-corrected chi connectivity index (χ3v) is 3.44. The summed E-state index contributed by atoms with van der Waals surface area (Å²) in [5.41, 5.74) is 1.02. The van der Waals surface area contributed by atoms with Gasteiger partial charge in [-0.15, -0.1) is 0 Å². The van der Waals surface area contributed by atoms with Crippen LogP contribution in [0.15, 0.2) is 10.5 Å². The maximum Gasteiger partial charge on any atom is 0.165 e. The zero-order valence-corrected chi connectivity index (χ0v) is 10.7. The Bertz CT molecular complexity index is 339. The number of hydrogen-bond acceptors (Lipinski definition) is 2. The predicted octanol–water partition coefficient (Wildman–Crippen LogP) is 3.68. The Hall–Kier alpha value is -0.410. The first kappa shape index (κ1) is 11.7. The van der Waals surface area contributed by atoms with Crippen LogP contribution in [-0.2, 0) is 6.42 Å². The lowest BCUT2D eigenvalue weighted by molar-refractivity contribution is 0.351. The standard InChI is InChI=1S/C10H12BrClO2/c1-4-6-9(11)7(12)5-8(13-2)10(6)14-3/h5H,4H2,1-3H3. The number of halogens is 2. The fraction of sp³-hybridized carbons (Fsp3) is 0.400. The van der Waals surface area contributed by atoms with E-state index in [1.807, 2.05) is 6.92 Å². The van der Waals surface area contributed by atoms with Gasteiger partial charge in [0, 0.05) is 16.1 Å². The molecule has 1 aromatic carbocycles. The van der Waals surface area contributed by atoms with Crippen molar-refractivity contribution in [3.05, 3.63) is 21.1 Å². The van der Waals surface area contributed by atoms with Crippen LogP contribution in [0.25, 0.3) is 0 Å². The van der Waals surface area contributed by atoms with E-state index in [4.69, 9.17) is 21.1 Å². The van der Waals surface area contributed by atoms with E-state index < -0.39 is 0 Å². The van der Waals surface area contributed by atoms with Crippen LogP contribution < -0.4 is 9.47 Å². The normalized spacial score (nSPS) is 10.1. The Labute approximate surface area is 97.3 Å². The summed E-state index contributed by atoms with van der Waals surface area (Å²) in [6.07, 6.45) is 0.834. The van der Waals surface area contributed by atoms with Crippen molar-refractivity contribution in [1.82, 2.24) is 0 Å². The first-order valence-corrected chi connectivity index (χ1v) is 5.41. The molecule has 0 aliphatic carbocycles. The fourth-order valence-electron chi connectivity index (χ4n) is 1.33. The molecule has 0 aliphatic heterocycles. The molecule has 0 aliphatic rings. The highest BCUT2D eigenvalue weighted by Gasteiger charge is 2.15. The molecule has 0 aromatic heterocycles. The van der Waals surface area contributed by atoms with Gasteiger partial charge in [-0.05, 0) is 22.4 Å². The highest BCUT2D eigenvalue weighted by atomic mass is 79.9. The molecule has 0 unspecified atom stereocenters. The Kier molecular flexibility index (Phi) is 4.08. The molecule has 78 valence electrons. The van der Waals surface area contributed by atoms with Crippen LogP contribution in [0, 0.1) is 0 Å². The molecular formula is C10H12BrClO2. The van der Waals surface area contributed by atoms with Crippen LogP contribution in [0.4, 0.5) is 0 Å². The quantitative estimate of drug-likeness (QED) is 0.840. The lowest BCUT2D eigenvalue weighted by Crippen LogP contribution is -1.96. The zero-order chi connectivity index (χ0) is 10.7. The van der Waals surface area contributed by atoms with Crippen molar-refractivity contribution < 1.29 is 9.47 Å². The molecule has 0 radical (unpaired) electrons. The summed E-state index contributed by atoms with van der Waals surface area (Å²) in [6, 6.07) is 1.74. The molecule has 0 heterocycles. The maximum absolute atomic E-state index is 6.02. The molecule has 0 spiro atoms. The summed E-state index contributed by atoms with van der Waals surface area (Å²) in [6.45, 7) is 2.04. The molecule has 4 heteroatoms. The van der Waals surface area contributed by atoms with E-state index in [1.165, 1.54) is 0 Å². The van der Waals surface area contributed by atoms with Crippen LogP contribution in [0.3, 0.4) is 0 Å². The highest BCUT2D eigenvalue weighted by molar-refractivity contribution is 9.10. The van der Waals surface area contributed by atoms with Crippen molar-refractivity contribution in [3.8, 4) is 11.5 Å². The van der Waals surface area contributed by atoms with Crippen LogP contribution in [0.1, 0.15) is 12.5 Å². The van der Waals surface area contributed by atoms with Gasteiger partial charge in [0.1, 0.15) is 0 Å². The molecule has 0 N–H and O–H groups in total. The number of methoxy groups -OCH3 is 2. The maximum atomic E-state index is 6.02. The summed E-state index contributed by atoms with van der Waals surface area (Å²) in [5, 5.41) is 0.638. The van der Waals surface area contributed by atoms with Crippen molar-refractivity contribution in [2.75, 3.05) is 14.2 Å². The van der Waals surface area contributed by atoms with E-state index >= 15 is 0 Å². The molecule has 2 nitrogen and oxygen atoms in total. The predicted molar refractivity (Wildman–Crippen MR) is 61.6 cm³/mol. The van der Waals surface area contributed by atoms with Gasteiger partial charge in [0.15, 0.2) is 11.5 Å². The van der Waals surface area contributed by atoms with Gasteiger partial charge in [0.25, 0.3) is 0 Å². The first-order chi connectivity index (χ1) is 6.65. The Morgan fingerprint density at radius 3 is 2.43 bits per heavy atom. The molecule has 0 bridgehead atoms. The molecular weight excluding hydrogens is 267 g/mol. The minimum atomic E-state index is 0.638. The van der Waals surface area contributed by atoms with Gasteiger partial charge >= 0.3 is 0 Å². The van der Waals surface area contributed by atoms with E-state index in [1.54, 1.807) is 20.3 Å². The minimum absolute atomic E-state index is 0.638. The van der Waals surface area contributed by atoms with Gasteiger partial charge in [-0.1, -0.05) is 18.5 Å². The zero-order valence-electron chi connectivity index (χ0n) is 8.36. The van der Waals surface area contributed by atoms with Crippen molar-refractivity contribution in [2.45, 2.75) is 13.3 Å². The second kappa shape index (κ2) is 4.89. The van der Waals surface area contributed by atoms with E-state index in [0.29, 0.717) is 10.8 Å². The van der Waals surface area contributed by atoms with Crippen molar-refractivity contribution >= 4 is 27.5 Å². The summed E-state index contributed by atoms with van der Waals surface area (Å²) in [4.78, 5) is 0. The number of benzene rings is 1. The third kappa shape index (κ3) is 1.98. The van der Waals surface area contributed by atoms with Crippen molar-refractivity contribution in [2.24, 2.45) is 0 Å². The van der Waals surface area contributed by atoms with Crippen LogP contribution >= 0.6 is 27.5 Å². The van der Waals surface area contributed by atoms with Crippen LogP contribution in [-0.4, -0.2) is 14.2 Å². The third-order valence-electron chi connectivity index (χ3n) is 2.01. The monoisotopic (exact) mass is 278 g/mol. The fourth-order valence-corrected chi connectivity index (χ4v) is 2.12. The number of hydrogen-bond donors (Lipinski definition) is 0. The van der Waals surface area contributed by atoms with E-state index in [0.717, 1.165) is 22.2 Å². The molecule has 0 saturated heterocycles. The lowest BCUT2D eigenvalue weighted by Gasteiger charge is -2.14. The largest absolute Gasteiger partial charge is 0.493 e. The lowest BCUT2D eigenvalue weighted by atomic mass is 10.1. The van der Waals surface area contributed by atoms with E-state index in [9.17, 15) is 0 Å². The Balaban J connectivity index is 3.42. The summed E-state index contributed by atoms with van der Waals surface area (Å²) in [7, 11) is 3.22. The van der Waals surface area contributed by atoms with E-state index in [2.05, 4.69) is 15.9 Å². The smallest absolute Gasteiger partial charge is 0.165 e. The average molecular weight is 280 g/mol. The first-order valence-electron chi connectivity index (χ1n) is 4.24. The second-order valence-corrected chi connectivity index (χ2v) is 3.94. The number of ether oxygens (including phenoxy) is 2. The summed E-state index contributed by atoms with van der Waals surface area (Å²) >= 11 is 9.45. The van der Waals surface area contributed by atoms with Gasteiger partial charge < -0.3 is 9.47 Å². The number of rotatable bonds is 3. The summed E-state index contributed by atoms with van der Waals surface area (Å²) in [5.74, 6) is 1.41. The highest BCUT2D eigenvalue weighted by Crippen LogP contribution is 2.41. The Morgan fingerprint density at radius 1 is 1.36 bits per heavy atom. The van der Waals surface area contributed by atoms with Gasteiger partial charge in [-0.2, -0.15) is 0 Å². The molecule has 0 amide bonds.